The van der Waals surface area contributed by atoms with E-state index in [1.807, 2.05) is 0 Å². The molecule has 0 aliphatic carbocycles. The molecule has 2 N–H and O–H groups in total. The van der Waals surface area contributed by atoms with E-state index in [1.54, 1.807) is 30.3 Å². The van der Waals surface area contributed by atoms with Gasteiger partial charge in [0.15, 0.2) is 29.1 Å². The minimum absolute atomic E-state index is 0.205. The Balaban J connectivity index is 1.25. The molecule has 8 nitrogen and oxygen atoms in total. The summed E-state index contributed by atoms with van der Waals surface area (Å²) < 4.78 is 50.1. The van der Waals surface area contributed by atoms with Gasteiger partial charge >= 0.3 is 0 Å². The fraction of sp³-hybridized carbons (Fsp3) is 0.280. The van der Waals surface area contributed by atoms with Crippen LogP contribution in [0.1, 0.15) is 0 Å². The van der Waals surface area contributed by atoms with Gasteiger partial charge in [-0.15, -0.1) is 0 Å². The number of nitrogens with one attached hydrogen (secondary N) is 1. The van der Waals surface area contributed by atoms with Crippen molar-refractivity contribution in [3.05, 3.63) is 59.1 Å². The number of aliphatic hydroxyl groups is 1. The quantitative estimate of drug-likeness (QED) is 0.412. The van der Waals surface area contributed by atoms with Crippen molar-refractivity contribution in [1.29, 1.82) is 0 Å². The van der Waals surface area contributed by atoms with E-state index in [9.17, 15) is 13.9 Å². The number of rotatable bonds is 5. The number of methoxy groups -OCH3 is 1. The predicted molar refractivity (Wildman–Crippen MR) is 126 cm³/mol. The highest BCUT2D eigenvalue weighted by molar-refractivity contribution is 6.33. The van der Waals surface area contributed by atoms with E-state index in [1.165, 1.54) is 19.2 Å². The topological polar surface area (TPSA) is 98.7 Å². The third-order valence-corrected chi connectivity index (χ3v) is 6.63. The molecule has 4 unspecified atom stereocenters. The molecule has 2 fully saturated rings. The molecule has 6 rings (SSSR count). The molecule has 0 bridgehead atoms. The van der Waals surface area contributed by atoms with Crippen LogP contribution in [0.2, 0.25) is 5.02 Å². The molecular weight excluding hydrogens is 496 g/mol. The SMILES string of the molecule is COc1c(F)cc(-c2ccc(-c3nc4nc(OC5COC6C(O)COC56)[nH]c4cc3Cl)cc2)cc1F. The number of nitrogens with zero attached hydrogens (tertiary/aromatic N) is 2. The van der Waals surface area contributed by atoms with E-state index >= 15 is 0 Å². The van der Waals surface area contributed by atoms with Crippen LogP contribution < -0.4 is 9.47 Å². The van der Waals surface area contributed by atoms with E-state index in [2.05, 4.69) is 15.0 Å². The van der Waals surface area contributed by atoms with E-state index in [-0.39, 0.29) is 25.3 Å². The summed E-state index contributed by atoms with van der Waals surface area (Å²) in [5.41, 5.74) is 3.16. The third-order valence-electron chi connectivity index (χ3n) is 6.34. The smallest absolute Gasteiger partial charge is 0.296 e. The van der Waals surface area contributed by atoms with Gasteiger partial charge in [-0.2, -0.15) is 4.98 Å². The van der Waals surface area contributed by atoms with E-state index in [0.29, 0.717) is 38.6 Å². The number of H-pyrrole nitrogens is 1. The zero-order valence-corrected chi connectivity index (χ0v) is 19.6. The number of hydrogen-bond acceptors (Lipinski definition) is 7. The van der Waals surface area contributed by atoms with Gasteiger partial charge in [-0.1, -0.05) is 35.9 Å². The lowest BCUT2D eigenvalue weighted by molar-refractivity contribution is 0.00706. The number of aromatic amines is 1. The number of benzene rings is 2. The Morgan fingerprint density at radius 2 is 1.67 bits per heavy atom. The van der Waals surface area contributed by atoms with Crippen LogP contribution in [0.5, 0.6) is 11.8 Å². The van der Waals surface area contributed by atoms with Crippen molar-refractivity contribution in [2.75, 3.05) is 20.3 Å². The van der Waals surface area contributed by atoms with Crippen LogP contribution >= 0.6 is 11.6 Å². The third kappa shape index (κ3) is 3.96. The molecular formula is C25H20ClF2N3O5. The van der Waals surface area contributed by atoms with Gasteiger partial charge in [0.2, 0.25) is 0 Å². The Labute approximate surface area is 208 Å². The highest BCUT2D eigenvalue weighted by atomic mass is 35.5. The molecule has 0 radical (unpaired) electrons. The standard InChI is InChI=1S/C25H20ClF2N3O5/c1-33-21-15(27)6-13(7-16(21)28)11-2-4-12(5-3-11)20-14(26)8-17-24(30-20)31-25(29-17)36-19-10-35-22-18(32)9-34-23(19)22/h2-8,18-19,22-23,32H,9-10H2,1H3,(H,29,30,31). The lowest BCUT2D eigenvalue weighted by Crippen LogP contribution is -2.34. The molecule has 2 aliphatic heterocycles. The van der Waals surface area contributed by atoms with Crippen LogP contribution in [-0.2, 0) is 9.47 Å². The number of halogens is 3. The van der Waals surface area contributed by atoms with Crippen molar-refractivity contribution in [2.45, 2.75) is 24.4 Å². The molecule has 186 valence electrons. The number of hydrogen-bond donors (Lipinski definition) is 2. The van der Waals surface area contributed by atoms with Crippen molar-refractivity contribution in [1.82, 2.24) is 15.0 Å². The summed E-state index contributed by atoms with van der Waals surface area (Å²) in [6.45, 7) is 0.480. The van der Waals surface area contributed by atoms with Gasteiger partial charge in [0, 0.05) is 5.56 Å². The summed E-state index contributed by atoms with van der Waals surface area (Å²) in [5.74, 6) is -1.98. The minimum Gasteiger partial charge on any atom is -0.491 e. The fourth-order valence-electron chi connectivity index (χ4n) is 4.58. The molecule has 2 aromatic heterocycles. The average Bonchev–Trinajstić information content (AvgIpc) is 3.55. The number of aromatic nitrogens is 3. The van der Waals surface area contributed by atoms with Crippen LogP contribution in [0.4, 0.5) is 8.78 Å². The first kappa shape index (κ1) is 23.1. The normalized spacial score (nSPS) is 23.2. The molecule has 2 saturated heterocycles. The first-order valence-electron chi connectivity index (χ1n) is 11.2. The molecule has 2 aliphatic rings. The van der Waals surface area contributed by atoms with Crippen molar-refractivity contribution >= 4 is 22.8 Å². The number of ether oxygens (including phenoxy) is 4. The van der Waals surface area contributed by atoms with Crippen molar-refractivity contribution in [2.24, 2.45) is 0 Å². The summed E-state index contributed by atoms with van der Waals surface area (Å²) in [6.07, 6.45) is -1.86. The van der Waals surface area contributed by atoms with Crippen LogP contribution in [-0.4, -0.2) is 64.8 Å². The maximum absolute atomic E-state index is 14.1. The second-order valence-corrected chi connectivity index (χ2v) is 9.01. The van der Waals surface area contributed by atoms with Crippen molar-refractivity contribution in [3.8, 4) is 34.1 Å². The molecule has 4 aromatic rings. The summed E-state index contributed by atoms with van der Waals surface area (Å²) in [7, 11) is 1.21. The van der Waals surface area contributed by atoms with Gasteiger partial charge in [0.1, 0.15) is 18.3 Å². The fourth-order valence-corrected chi connectivity index (χ4v) is 4.84. The van der Waals surface area contributed by atoms with Gasteiger partial charge in [-0.05, 0) is 29.3 Å². The molecule has 4 atom stereocenters. The highest BCUT2D eigenvalue weighted by Gasteiger charge is 2.48. The lowest BCUT2D eigenvalue weighted by Gasteiger charge is -2.15. The monoisotopic (exact) mass is 515 g/mol. The largest absolute Gasteiger partial charge is 0.491 e. The maximum atomic E-state index is 14.1. The van der Waals surface area contributed by atoms with Crippen LogP contribution in [0.3, 0.4) is 0 Å². The summed E-state index contributed by atoms with van der Waals surface area (Å²) >= 11 is 6.51. The zero-order valence-electron chi connectivity index (χ0n) is 18.9. The Hall–Kier alpha value is -3.31. The molecule has 4 heterocycles. The van der Waals surface area contributed by atoms with Gasteiger partial charge in [0.05, 0.1) is 36.6 Å². The second-order valence-electron chi connectivity index (χ2n) is 8.60. The van der Waals surface area contributed by atoms with Crippen LogP contribution in [0.15, 0.2) is 42.5 Å². The minimum atomic E-state index is -0.779. The molecule has 0 amide bonds. The first-order valence-corrected chi connectivity index (χ1v) is 11.6. The number of imidazole rings is 1. The second kappa shape index (κ2) is 8.97. The molecule has 11 heteroatoms. The number of aliphatic hydroxyl groups excluding tert-OH is 1. The maximum Gasteiger partial charge on any atom is 0.296 e. The summed E-state index contributed by atoms with van der Waals surface area (Å²) in [6, 6.07) is 11.3. The molecule has 36 heavy (non-hydrogen) atoms. The molecule has 0 saturated carbocycles. The van der Waals surface area contributed by atoms with Gasteiger partial charge in [-0.3, -0.25) is 0 Å². The van der Waals surface area contributed by atoms with Gasteiger partial charge in [-0.25, -0.2) is 13.8 Å². The Kier molecular flexibility index (Phi) is 5.76. The van der Waals surface area contributed by atoms with Crippen LogP contribution in [0, 0.1) is 11.6 Å². The van der Waals surface area contributed by atoms with Gasteiger partial charge < -0.3 is 29.0 Å². The Morgan fingerprint density at radius 1 is 0.972 bits per heavy atom. The Bertz CT molecular complexity index is 1420. The summed E-state index contributed by atoms with van der Waals surface area (Å²) in [4.78, 5) is 12.0. The number of pyridine rings is 1. The Morgan fingerprint density at radius 3 is 2.39 bits per heavy atom. The molecule has 0 spiro atoms. The predicted octanol–water partition coefficient (Wildman–Crippen LogP) is 4.14. The molecule has 2 aromatic carbocycles. The van der Waals surface area contributed by atoms with Crippen molar-refractivity contribution < 1.29 is 32.8 Å². The average molecular weight is 516 g/mol. The van der Waals surface area contributed by atoms with Crippen molar-refractivity contribution in [3.63, 3.8) is 0 Å². The van der Waals surface area contributed by atoms with Crippen LogP contribution in [0.25, 0.3) is 33.5 Å². The number of fused-ring (bicyclic) bond motifs is 2. The van der Waals surface area contributed by atoms with E-state index < -0.39 is 35.7 Å². The van der Waals surface area contributed by atoms with Gasteiger partial charge in [0.25, 0.3) is 6.01 Å². The van der Waals surface area contributed by atoms with E-state index in [0.717, 1.165) is 0 Å². The van der Waals surface area contributed by atoms with E-state index in [4.69, 9.17) is 30.5 Å². The first-order chi connectivity index (χ1) is 17.4. The summed E-state index contributed by atoms with van der Waals surface area (Å²) in [5, 5.41) is 10.3. The zero-order chi connectivity index (χ0) is 25.0. The lowest BCUT2D eigenvalue weighted by atomic mass is 10.0. The highest BCUT2D eigenvalue weighted by Crippen LogP contribution is 2.34.